The van der Waals surface area contributed by atoms with Gasteiger partial charge in [-0.2, -0.15) is 0 Å². The number of rotatable bonds is 2. The summed E-state index contributed by atoms with van der Waals surface area (Å²) in [6.07, 6.45) is 1.17. The van der Waals surface area contributed by atoms with E-state index in [2.05, 4.69) is 4.90 Å². The third-order valence-electron chi connectivity index (χ3n) is 3.26. The van der Waals surface area contributed by atoms with E-state index in [1.807, 2.05) is 11.8 Å². The normalized spacial score (nSPS) is 32.0. The quantitative estimate of drug-likeness (QED) is 0.675. The first-order valence-corrected chi connectivity index (χ1v) is 6.02. The Balaban J connectivity index is 1.78. The number of nitrogens with two attached hydrogens (primary N) is 1. The Kier molecular flexibility index (Phi) is 3.78. The summed E-state index contributed by atoms with van der Waals surface area (Å²) in [4.78, 5) is 16.0. The minimum absolute atomic E-state index is 0.165. The fraction of sp³-hybridized carbons (Fsp3) is 0.909. The second-order valence-electron chi connectivity index (χ2n) is 4.81. The summed E-state index contributed by atoms with van der Waals surface area (Å²) < 4.78 is 5.42. The summed E-state index contributed by atoms with van der Waals surface area (Å²) in [5.74, 6) is 0.212. The average Bonchev–Trinajstić information content (AvgIpc) is 2.64. The Morgan fingerprint density at radius 1 is 1.44 bits per heavy atom. The van der Waals surface area contributed by atoms with E-state index in [1.54, 1.807) is 0 Å². The lowest BCUT2D eigenvalue weighted by molar-refractivity contribution is -0.139. The van der Waals surface area contributed by atoms with Gasteiger partial charge in [-0.05, 0) is 13.3 Å². The third kappa shape index (κ3) is 2.93. The highest BCUT2D eigenvalue weighted by Crippen LogP contribution is 2.09. The number of carbonyl (C=O) groups excluding carboxylic acids is 1. The lowest BCUT2D eigenvalue weighted by Gasteiger charge is -2.32. The molecular formula is C11H21N3O2. The van der Waals surface area contributed by atoms with Gasteiger partial charge in [0.1, 0.15) is 0 Å². The van der Waals surface area contributed by atoms with E-state index in [4.69, 9.17) is 10.5 Å². The van der Waals surface area contributed by atoms with Crippen molar-refractivity contribution in [1.29, 1.82) is 0 Å². The van der Waals surface area contributed by atoms with Gasteiger partial charge in [0, 0.05) is 32.2 Å². The van der Waals surface area contributed by atoms with Crippen LogP contribution in [0.2, 0.25) is 0 Å². The Bertz CT molecular complexity index is 260. The highest BCUT2D eigenvalue weighted by molar-refractivity contribution is 5.78. The van der Waals surface area contributed by atoms with E-state index >= 15 is 0 Å². The van der Waals surface area contributed by atoms with Crippen molar-refractivity contribution in [2.24, 2.45) is 5.73 Å². The van der Waals surface area contributed by atoms with Crippen molar-refractivity contribution in [3.8, 4) is 0 Å². The van der Waals surface area contributed by atoms with Crippen molar-refractivity contribution < 1.29 is 9.53 Å². The predicted octanol–water partition coefficient (Wildman–Crippen LogP) is -0.733. The number of ether oxygens (including phenoxy) is 1. The van der Waals surface area contributed by atoms with Crippen LogP contribution in [0.3, 0.4) is 0 Å². The highest BCUT2D eigenvalue weighted by atomic mass is 16.5. The summed E-state index contributed by atoms with van der Waals surface area (Å²) >= 11 is 0. The first kappa shape index (κ1) is 11.8. The molecule has 0 aromatic rings. The van der Waals surface area contributed by atoms with Crippen LogP contribution in [0.25, 0.3) is 0 Å². The number of amides is 1. The van der Waals surface area contributed by atoms with Gasteiger partial charge in [-0.3, -0.25) is 9.69 Å². The first-order chi connectivity index (χ1) is 7.65. The zero-order valence-corrected chi connectivity index (χ0v) is 9.89. The zero-order chi connectivity index (χ0) is 11.5. The maximum absolute atomic E-state index is 12.0. The number of hydrogen-bond donors (Lipinski definition) is 1. The summed E-state index contributed by atoms with van der Waals surface area (Å²) in [6.45, 7) is 6.43. The minimum Gasteiger partial charge on any atom is -0.375 e. The topological polar surface area (TPSA) is 58.8 Å². The van der Waals surface area contributed by atoms with Crippen LogP contribution in [0.15, 0.2) is 0 Å². The molecule has 2 aliphatic heterocycles. The van der Waals surface area contributed by atoms with Gasteiger partial charge in [0.2, 0.25) is 5.91 Å². The van der Waals surface area contributed by atoms with Crippen molar-refractivity contribution in [2.75, 3.05) is 39.3 Å². The Labute approximate surface area is 96.5 Å². The maximum Gasteiger partial charge on any atom is 0.236 e. The molecule has 0 spiro atoms. The molecular weight excluding hydrogens is 206 g/mol. The van der Waals surface area contributed by atoms with Gasteiger partial charge >= 0.3 is 0 Å². The molecule has 2 rings (SSSR count). The molecule has 0 bridgehead atoms. The monoisotopic (exact) mass is 227 g/mol. The molecule has 2 atom stereocenters. The molecule has 92 valence electrons. The van der Waals surface area contributed by atoms with Crippen molar-refractivity contribution in [1.82, 2.24) is 9.80 Å². The van der Waals surface area contributed by atoms with Crippen molar-refractivity contribution in [2.45, 2.75) is 25.5 Å². The second-order valence-corrected chi connectivity index (χ2v) is 4.81. The highest BCUT2D eigenvalue weighted by Gasteiger charge is 2.26. The van der Waals surface area contributed by atoms with E-state index in [1.165, 1.54) is 0 Å². The molecule has 2 aliphatic rings. The van der Waals surface area contributed by atoms with Gasteiger partial charge in [0.15, 0.2) is 0 Å². The Morgan fingerprint density at radius 2 is 2.25 bits per heavy atom. The zero-order valence-electron chi connectivity index (χ0n) is 9.89. The van der Waals surface area contributed by atoms with Gasteiger partial charge in [-0.25, -0.2) is 0 Å². The van der Waals surface area contributed by atoms with Crippen LogP contribution >= 0.6 is 0 Å². The minimum atomic E-state index is 0.165. The number of carbonyl (C=O) groups is 1. The van der Waals surface area contributed by atoms with Crippen molar-refractivity contribution in [3.63, 3.8) is 0 Å². The molecule has 0 saturated carbocycles. The smallest absolute Gasteiger partial charge is 0.236 e. The van der Waals surface area contributed by atoms with Gasteiger partial charge in [-0.1, -0.05) is 0 Å². The standard InChI is InChI=1S/C11H21N3O2/c1-9-6-14(4-5-16-9)11(15)8-13-3-2-10(12)7-13/h9-10H,2-8,12H2,1H3. The Hall–Kier alpha value is -0.650. The molecule has 0 aliphatic carbocycles. The average molecular weight is 227 g/mol. The van der Waals surface area contributed by atoms with E-state index in [-0.39, 0.29) is 18.1 Å². The molecule has 2 saturated heterocycles. The molecule has 2 unspecified atom stereocenters. The lowest BCUT2D eigenvalue weighted by atomic mass is 10.3. The molecule has 2 N–H and O–H groups in total. The Morgan fingerprint density at radius 3 is 2.88 bits per heavy atom. The summed E-state index contributed by atoms with van der Waals surface area (Å²) in [6, 6.07) is 0.247. The van der Waals surface area contributed by atoms with Gasteiger partial charge in [0.25, 0.3) is 0 Å². The molecule has 5 heteroatoms. The predicted molar refractivity (Wildman–Crippen MR) is 61.0 cm³/mol. The van der Waals surface area contributed by atoms with Crippen LogP contribution in [0.1, 0.15) is 13.3 Å². The fourth-order valence-corrected chi connectivity index (χ4v) is 2.34. The molecule has 0 aromatic carbocycles. The number of hydrogen-bond acceptors (Lipinski definition) is 4. The molecule has 0 radical (unpaired) electrons. The van der Waals surface area contributed by atoms with Crippen LogP contribution in [0.5, 0.6) is 0 Å². The first-order valence-electron chi connectivity index (χ1n) is 6.02. The molecule has 2 fully saturated rings. The molecule has 0 aromatic heterocycles. The fourth-order valence-electron chi connectivity index (χ4n) is 2.34. The van der Waals surface area contributed by atoms with Crippen LogP contribution < -0.4 is 5.73 Å². The SMILES string of the molecule is CC1CN(C(=O)CN2CCC(N)C2)CCO1. The maximum atomic E-state index is 12.0. The number of morpholine rings is 1. The van der Waals surface area contributed by atoms with Crippen LogP contribution in [0.4, 0.5) is 0 Å². The molecule has 1 amide bonds. The largest absolute Gasteiger partial charge is 0.375 e. The molecule has 5 nitrogen and oxygen atoms in total. The van der Waals surface area contributed by atoms with E-state index in [0.29, 0.717) is 13.2 Å². The van der Waals surface area contributed by atoms with Crippen LogP contribution in [-0.2, 0) is 9.53 Å². The van der Waals surface area contributed by atoms with E-state index in [9.17, 15) is 4.79 Å². The van der Waals surface area contributed by atoms with Crippen molar-refractivity contribution in [3.05, 3.63) is 0 Å². The summed E-state index contributed by atoms with van der Waals surface area (Å²) in [5.41, 5.74) is 5.81. The third-order valence-corrected chi connectivity index (χ3v) is 3.26. The summed E-state index contributed by atoms with van der Waals surface area (Å²) in [5, 5.41) is 0. The van der Waals surface area contributed by atoms with Gasteiger partial charge in [0.05, 0.1) is 19.3 Å². The van der Waals surface area contributed by atoms with Crippen LogP contribution in [-0.4, -0.2) is 67.2 Å². The lowest BCUT2D eigenvalue weighted by Crippen LogP contribution is -2.48. The number of nitrogens with zero attached hydrogens (tertiary/aromatic N) is 2. The van der Waals surface area contributed by atoms with E-state index in [0.717, 1.165) is 32.6 Å². The molecule has 16 heavy (non-hydrogen) atoms. The van der Waals surface area contributed by atoms with Crippen LogP contribution in [0, 0.1) is 0 Å². The van der Waals surface area contributed by atoms with Gasteiger partial charge in [-0.15, -0.1) is 0 Å². The number of likely N-dealkylation sites (tertiary alicyclic amines) is 1. The second kappa shape index (κ2) is 5.12. The van der Waals surface area contributed by atoms with Crippen molar-refractivity contribution >= 4 is 5.91 Å². The van der Waals surface area contributed by atoms with E-state index < -0.39 is 0 Å². The summed E-state index contributed by atoms with van der Waals surface area (Å²) in [7, 11) is 0. The van der Waals surface area contributed by atoms with Gasteiger partial charge < -0.3 is 15.4 Å². The molecule has 2 heterocycles.